The van der Waals surface area contributed by atoms with Gasteiger partial charge < -0.3 is 9.88 Å². The van der Waals surface area contributed by atoms with Gasteiger partial charge in [0.15, 0.2) is 5.78 Å². The van der Waals surface area contributed by atoms with Gasteiger partial charge in [0.1, 0.15) is 5.54 Å². The number of ketones is 1. The van der Waals surface area contributed by atoms with Gasteiger partial charge in [-0.2, -0.15) is 0 Å². The van der Waals surface area contributed by atoms with Gasteiger partial charge in [-0.3, -0.25) is 9.59 Å². The number of imidazole rings is 1. The lowest BCUT2D eigenvalue weighted by atomic mass is 9.77. The van der Waals surface area contributed by atoms with Crippen molar-refractivity contribution in [3.05, 3.63) is 191 Å². The molecule has 0 atom stereocenters. The van der Waals surface area contributed by atoms with Gasteiger partial charge in [0, 0.05) is 35.5 Å². The van der Waals surface area contributed by atoms with Crippen LogP contribution in [0, 0.1) is 0 Å². The van der Waals surface area contributed by atoms with Crippen molar-refractivity contribution in [2.75, 3.05) is 7.05 Å². The summed E-state index contributed by atoms with van der Waals surface area (Å²) in [6, 6.07) is 45.0. The van der Waals surface area contributed by atoms with Crippen molar-refractivity contribution >= 4 is 17.8 Å². The van der Waals surface area contributed by atoms with E-state index in [2.05, 4.69) is 94.9 Å². The molecule has 1 aliphatic carbocycles. The van der Waals surface area contributed by atoms with Gasteiger partial charge in [0.05, 0.1) is 12.0 Å². The van der Waals surface area contributed by atoms with Gasteiger partial charge in [-0.1, -0.05) is 115 Å². The molecule has 0 unspecified atom stereocenters. The normalized spacial score (nSPS) is 13.8. The van der Waals surface area contributed by atoms with E-state index in [9.17, 15) is 9.59 Å². The zero-order valence-corrected chi connectivity index (χ0v) is 25.6. The van der Waals surface area contributed by atoms with Gasteiger partial charge in [0.2, 0.25) is 0 Å². The van der Waals surface area contributed by atoms with E-state index in [-0.39, 0.29) is 11.7 Å². The van der Waals surface area contributed by atoms with E-state index in [4.69, 9.17) is 4.98 Å². The smallest absolute Gasteiger partial charge is 0.251 e. The van der Waals surface area contributed by atoms with Crippen LogP contribution in [0.4, 0.5) is 0 Å². The third-order valence-corrected chi connectivity index (χ3v) is 8.91. The zero-order chi connectivity index (χ0) is 31.5. The number of aryl methyl sites for hydroxylation is 1. The minimum Gasteiger partial charge on any atom is -0.355 e. The molecule has 0 radical (unpaired) electrons. The summed E-state index contributed by atoms with van der Waals surface area (Å²) in [5, 5.41) is 2.66. The number of Topliss-reactive ketones (excluding diaryl/α,β-unsaturated/α-hetero) is 1. The highest BCUT2D eigenvalue weighted by molar-refractivity contribution is 6.14. The molecular weight excluding hydrogens is 566 g/mol. The molecule has 46 heavy (non-hydrogen) atoms. The molecule has 5 nitrogen and oxygen atoms in total. The van der Waals surface area contributed by atoms with Crippen molar-refractivity contribution in [2.45, 2.75) is 18.4 Å². The number of rotatable bonds is 7. The average Bonchev–Trinajstić information content (AvgIpc) is 3.61. The van der Waals surface area contributed by atoms with Crippen LogP contribution in [0.2, 0.25) is 0 Å². The van der Waals surface area contributed by atoms with E-state index in [1.165, 1.54) is 0 Å². The third kappa shape index (κ3) is 5.06. The number of amides is 1. The maximum absolute atomic E-state index is 13.6. The van der Waals surface area contributed by atoms with Crippen molar-refractivity contribution in [2.24, 2.45) is 0 Å². The third-order valence-electron chi connectivity index (χ3n) is 8.91. The molecular formula is C41H33N3O2. The number of nitrogens with one attached hydrogen (secondary N) is 1. The molecule has 0 spiro atoms. The fourth-order valence-electron chi connectivity index (χ4n) is 6.68. The van der Waals surface area contributed by atoms with E-state index in [1.807, 2.05) is 54.9 Å². The Kier molecular flexibility index (Phi) is 7.73. The molecule has 0 saturated heterocycles. The molecule has 1 aliphatic rings. The first-order valence-electron chi connectivity index (χ1n) is 15.5. The number of carbonyl (C=O) groups is 2. The summed E-state index contributed by atoms with van der Waals surface area (Å²) in [7, 11) is 1.61. The van der Waals surface area contributed by atoms with Gasteiger partial charge in [-0.15, -0.1) is 0 Å². The lowest BCUT2D eigenvalue weighted by Gasteiger charge is -2.37. The summed E-state index contributed by atoms with van der Waals surface area (Å²) in [6.45, 7) is 0. The highest BCUT2D eigenvalue weighted by Gasteiger charge is 2.38. The van der Waals surface area contributed by atoms with Crippen molar-refractivity contribution in [3.63, 3.8) is 0 Å². The SMILES string of the molecule is CNC(=O)c1ccc2c(c1)CCC(=Cc1ccccc1-c1cn(C(c3ccccc3)(c3ccccc3)c3ccccc3)cn1)C2=O. The Morgan fingerprint density at radius 3 is 1.93 bits per heavy atom. The van der Waals surface area contributed by atoms with Crippen LogP contribution in [0.1, 0.15) is 55.0 Å². The first-order chi connectivity index (χ1) is 22.6. The quantitative estimate of drug-likeness (QED) is 0.150. The van der Waals surface area contributed by atoms with Crippen LogP contribution in [0.25, 0.3) is 17.3 Å². The molecule has 0 aliphatic heterocycles. The summed E-state index contributed by atoms with van der Waals surface area (Å²) in [5.74, 6) is -0.151. The molecule has 5 heteroatoms. The Morgan fingerprint density at radius 2 is 1.33 bits per heavy atom. The van der Waals surface area contributed by atoms with Crippen molar-refractivity contribution in [1.82, 2.24) is 14.9 Å². The second-order valence-corrected chi connectivity index (χ2v) is 11.5. The van der Waals surface area contributed by atoms with Crippen LogP contribution in [0.15, 0.2) is 152 Å². The number of fused-ring (bicyclic) bond motifs is 1. The Hall–Kier alpha value is -5.81. The number of carbonyl (C=O) groups excluding carboxylic acids is 2. The highest BCUT2D eigenvalue weighted by Crippen LogP contribution is 2.41. The van der Waals surface area contributed by atoms with E-state index >= 15 is 0 Å². The molecule has 1 amide bonds. The predicted octanol–water partition coefficient (Wildman–Crippen LogP) is 7.96. The average molecular weight is 600 g/mol. The monoisotopic (exact) mass is 599 g/mol. The second kappa shape index (κ2) is 12.3. The Balaban J connectivity index is 1.33. The fourth-order valence-corrected chi connectivity index (χ4v) is 6.68. The number of hydrogen-bond acceptors (Lipinski definition) is 3. The standard InChI is InChI=1S/C41H33N3O2/c1-42-40(46)32-23-24-37-30(26-32)21-22-31(39(37)45)25-29-13-11-12-20-36(29)38-27-44(28-43-38)41(33-14-5-2-6-15-33,34-16-7-3-8-17-34)35-18-9-4-10-19-35/h2-20,23-28H,21-22H2,1H3,(H,42,46). The molecule has 0 saturated carbocycles. The summed E-state index contributed by atoms with van der Waals surface area (Å²) >= 11 is 0. The number of nitrogens with zero attached hydrogens (tertiary/aromatic N) is 2. The van der Waals surface area contributed by atoms with Crippen molar-refractivity contribution < 1.29 is 9.59 Å². The van der Waals surface area contributed by atoms with Gasteiger partial charge >= 0.3 is 0 Å². The van der Waals surface area contributed by atoms with Crippen LogP contribution >= 0.6 is 0 Å². The molecule has 5 aromatic carbocycles. The van der Waals surface area contributed by atoms with Gasteiger partial charge in [0.25, 0.3) is 5.91 Å². The van der Waals surface area contributed by atoms with Crippen molar-refractivity contribution in [1.29, 1.82) is 0 Å². The zero-order valence-electron chi connectivity index (χ0n) is 25.6. The summed E-state index contributed by atoms with van der Waals surface area (Å²) in [6.07, 6.45) is 7.33. The Morgan fingerprint density at radius 1 is 0.739 bits per heavy atom. The summed E-state index contributed by atoms with van der Waals surface area (Å²) < 4.78 is 2.21. The molecule has 0 bridgehead atoms. The van der Waals surface area contributed by atoms with E-state index < -0.39 is 5.54 Å². The maximum Gasteiger partial charge on any atom is 0.251 e. The van der Waals surface area contributed by atoms with Crippen LogP contribution in [0.3, 0.4) is 0 Å². The van der Waals surface area contributed by atoms with E-state index in [1.54, 1.807) is 19.2 Å². The van der Waals surface area contributed by atoms with Crippen LogP contribution < -0.4 is 5.32 Å². The molecule has 6 aromatic rings. The topological polar surface area (TPSA) is 64.0 Å². The highest BCUT2D eigenvalue weighted by atomic mass is 16.1. The second-order valence-electron chi connectivity index (χ2n) is 11.5. The number of aromatic nitrogens is 2. The van der Waals surface area contributed by atoms with E-state index in [0.717, 1.165) is 44.6 Å². The molecule has 1 aromatic heterocycles. The minimum absolute atomic E-state index is 0.00119. The summed E-state index contributed by atoms with van der Waals surface area (Å²) in [4.78, 5) is 30.8. The van der Waals surface area contributed by atoms with Crippen molar-refractivity contribution in [3.8, 4) is 11.3 Å². The molecule has 1 heterocycles. The van der Waals surface area contributed by atoms with Crippen LogP contribution in [-0.2, 0) is 12.0 Å². The molecule has 0 fully saturated rings. The lowest BCUT2D eigenvalue weighted by molar-refractivity contribution is 0.0960. The Labute approximate surface area is 268 Å². The first-order valence-corrected chi connectivity index (χ1v) is 15.5. The first kappa shape index (κ1) is 28.9. The molecule has 7 rings (SSSR count). The largest absolute Gasteiger partial charge is 0.355 e. The van der Waals surface area contributed by atoms with E-state index in [0.29, 0.717) is 24.0 Å². The number of benzene rings is 5. The maximum atomic E-state index is 13.6. The number of hydrogen-bond donors (Lipinski definition) is 1. The molecule has 224 valence electrons. The van der Waals surface area contributed by atoms with Gasteiger partial charge in [-0.05, 0) is 64.9 Å². The van der Waals surface area contributed by atoms with Crippen LogP contribution in [0.5, 0.6) is 0 Å². The minimum atomic E-state index is -0.668. The Bertz CT molecular complexity index is 1960. The van der Waals surface area contributed by atoms with Gasteiger partial charge in [-0.25, -0.2) is 4.98 Å². The summed E-state index contributed by atoms with van der Waals surface area (Å²) in [5.41, 5.74) is 8.29. The lowest BCUT2D eigenvalue weighted by Crippen LogP contribution is -2.36. The number of allylic oxidation sites excluding steroid dienone is 1. The predicted molar refractivity (Wildman–Crippen MR) is 183 cm³/mol. The fraction of sp³-hybridized carbons (Fsp3) is 0.0976. The van der Waals surface area contributed by atoms with Crippen LogP contribution in [-0.4, -0.2) is 28.3 Å². The molecule has 1 N–H and O–H groups in total.